The number of rotatable bonds is 27. The first-order chi connectivity index (χ1) is 31.6. The van der Waals surface area contributed by atoms with Gasteiger partial charge in [-0.1, -0.05) is 73.4 Å². The molecular weight excluding hydrogens is 868 g/mol. The smallest absolute Gasteiger partial charge is 0.326 e. The van der Waals surface area contributed by atoms with Crippen molar-refractivity contribution in [2.45, 2.75) is 149 Å². The Bertz CT molecular complexity index is 1890. The maximum atomic E-state index is 14.6. The lowest BCUT2D eigenvalue weighted by molar-refractivity contribution is -0.149. The second kappa shape index (κ2) is 26.3. The number of carbonyl (C=O) groups excluding carboxylic acids is 7. The molecule has 1 aromatic rings. The van der Waals surface area contributed by atoms with Crippen LogP contribution in [0.4, 0.5) is 4.39 Å². The zero-order valence-electron chi connectivity index (χ0n) is 41.3. The van der Waals surface area contributed by atoms with Gasteiger partial charge in [-0.05, 0) is 61.1 Å². The van der Waals surface area contributed by atoms with Gasteiger partial charge in [0.1, 0.15) is 23.9 Å². The minimum Gasteiger partial charge on any atom is -0.480 e. The molecule has 0 aliphatic carbocycles. The quantitative estimate of drug-likeness (QED) is 0.0849. The number of nitrogens with one attached hydrogen (secondary N) is 2. The lowest BCUT2D eigenvalue weighted by atomic mass is 9.89. The van der Waals surface area contributed by atoms with E-state index in [9.17, 15) is 47.9 Å². The number of methoxy groups -OCH3 is 2. The van der Waals surface area contributed by atoms with E-state index in [0.29, 0.717) is 50.6 Å². The molecule has 374 valence electrons. The van der Waals surface area contributed by atoms with Crippen LogP contribution in [0.3, 0.4) is 0 Å². The van der Waals surface area contributed by atoms with Gasteiger partial charge >= 0.3 is 5.97 Å². The summed E-state index contributed by atoms with van der Waals surface area (Å²) in [6.07, 6.45) is 4.32. The zero-order chi connectivity index (χ0) is 50.3. The van der Waals surface area contributed by atoms with E-state index in [2.05, 4.69) is 10.6 Å². The van der Waals surface area contributed by atoms with Crippen molar-refractivity contribution in [2.24, 2.45) is 23.7 Å². The van der Waals surface area contributed by atoms with E-state index in [4.69, 9.17) is 9.47 Å². The zero-order valence-corrected chi connectivity index (χ0v) is 41.3. The first-order valence-electron chi connectivity index (χ1n) is 23.6. The van der Waals surface area contributed by atoms with E-state index < -0.39 is 71.9 Å². The standard InChI is InChI=1S/C49H75FN6O11/c1-12-31(6)44(54(9)48(63)42(29(2)3)52-47(62)43(30(4)5)53(8)38(57)18-14-13-15-25-56-39(58)23-24-40(56)59)37(66-10)28-41(60)55-26-16-17-36(55)45(67-11)32(7)46(61)51-35(49(64)65)27-33-19-21-34(50)22-20-33/h19-24,29-32,35-37,42-45H,12-18,25-28H2,1-11H3,(H,51,61)(H,52,62)(H,64,65)/t31-,32+,35?,36-,37?,42-,43?,44?,45?/m0/s1. The van der Waals surface area contributed by atoms with E-state index >= 15 is 0 Å². The Hall–Kier alpha value is -5.23. The molecule has 3 rings (SSSR count). The molecule has 0 radical (unpaired) electrons. The number of imide groups is 1. The number of benzene rings is 1. The van der Waals surface area contributed by atoms with Crippen molar-refractivity contribution >= 4 is 47.3 Å². The van der Waals surface area contributed by atoms with Crippen molar-refractivity contribution in [3.05, 3.63) is 47.8 Å². The van der Waals surface area contributed by atoms with Crippen LogP contribution >= 0.6 is 0 Å². The second-order valence-corrected chi connectivity index (χ2v) is 18.7. The molecule has 2 aliphatic heterocycles. The minimum absolute atomic E-state index is 0.0646. The van der Waals surface area contributed by atoms with Crippen LogP contribution < -0.4 is 10.6 Å². The Morgan fingerprint density at radius 3 is 2.01 bits per heavy atom. The first-order valence-corrected chi connectivity index (χ1v) is 23.6. The molecule has 1 aromatic carbocycles. The van der Waals surface area contributed by atoms with Crippen LogP contribution in [0.15, 0.2) is 36.4 Å². The highest BCUT2D eigenvalue weighted by atomic mass is 19.1. The van der Waals surface area contributed by atoms with E-state index in [1.807, 2.05) is 41.5 Å². The molecule has 2 heterocycles. The molecular formula is C49H75FN6O11. The summed E-state index contributed by atoms with van der Waals surface area (Å²) in [6.45, 7) is 13.5. The number of hydrogen-bond acceptors (Lipinski definition) is 10. The predicted molar refractivity (Wildman–Crippen MR) is 248 cm³/mol. The Morgan fingerprint density at radius 2 is 1.48 bits per heavy atom. The molecule has 0 spiro atoms. The number of carbonyl (C=O) groups is 8. The maximum absolute atomic E-state index is 14.6. The normalized spacial score (nSPS) is 18.6. The van der Waals surface area contributed by atoms with Crippen LogP contribution in [0.5, 0.6) is 0 Å². The molecule has 1 fully saturated rings. The number of unbranched alkanes of at least 4 members (excludes halogenated alkanes) is 2. The van der Waals surface area contributed by atoms with Gasteiger partial charge in [-0.15, -0.1) is 0 Å². The summed E-state index contributed by atoms with van der Waals surface area (Å²) in [6, 6.07) is 1.08. The highest BCUT2D eigenvalue weighted by Gasteiger charge is 2.44. The summed E-state index contributed by atoms with van der Waals surface area (Å²) in [4.78, 5) is 112. The SMILES string of the molecule is CC[C@H](C)C(C(CC(=O)N1CCC[C@H]1C(OC)[C@@H](C)C(=O)NC(Cc1ccc(F)cc1)C(=O)O)OC)N(C)C(=O)[C@@H](NC(=O)C(C(C)C)N(C)C(=O)CCCCCN1C(=O)C=CC1=O)C(C)C. The molecule has 67 heavy (non-hydrogen) atoms. The fourth-order valence-corrected chi connectivity index (χ4v) is 9.27. The Morgan fingerprint density at radius 1 is 0.851 bits per heavy atom. The first kappa shape index (κ1) is 56.1. The number of halogens is 1. The van der Waals surface area contributed by atoms with Crippen LogP contribution in [0.25, 0.3) is 0 Å². The van der Waals surface area contributed by atoms with Gasteiger partial charge in [0, 0.05) is 66.4 Å². The molecule has 18 heteroatoms. The third kappa shape index (κ3) is 15.1. The minimum atomic E-state index is -1.29. The Balaban J connectivity index is 1.71. The van der Waals surface area contributed by atoms with Gasteiger partial charge in [0.2, 0.25) is 29.5 Å². The fraction of sp³-hybridized carbons (Fsp3) is 0.673. The summed E-state index contributed by atoms with van der Waals surface area (Å²) in [5.41, 5.74) is 0.530. The molecule has 9 atom stereocenters. The number of nitrogens with zero attached hydrogens (tertiary/aromatic N) is 4. The number of carboxylic acids is 1. The van der Waals surface area contributed by atoms with Gasteiger partial charge in [-0.2, -0.15) is 0 Å². The van der Waals surface area contributed by atoms with E-state index in [1.165, 1.54) is 55.5 Å². The van der Waals surface area contributed by atoms with Crippen molar-refractivity contribution in [2.75, 3.05) is 41.4 Å². The fourth-order valence-electron chi connectivity index (χ4n) is 9.27. The largest absolute Gasteiger partial charge is 0.480 e. The van der Waals surface area contributed by atoms with Crippen molar-refractivity contribution in [3.8, 4) is 0 Å². The van der Waals surface area contributed by atoms with Crippen LogP contribution in [0, 0.1) is 29.5 Å². The molecule has 7 amide bonds. The van der Waals surface area contributed by atoms with Gasteiger partial charge in [0.15, 0.2) is 0 Å². The van der Waals surface area contributed by atoms with Crippen molar-refractivity contribution in [1.29, 1.82) is 0 Å². The van der Waals surface area contributed by atoms with Crippen LogP contribution in [-0.4, -0.2) is 156 Å². The molecule has 3 N–H and O–H groups in total. The summed E-state index contributed by atoms with van der Waals surface area (Å²) in [5, 5.41) is 15.5. The van der Waals surface area contributed by atoms with E-state index in [-0.39, 0.29) is 73.1 Å². The molecule has 1 saturated heterocycles. The molecule has 2 aliphatic rings. The monoisotopic (exact) mass is 943 g/mol. The predicted octanol–water partition coefficient (Wildman–Crippen LogP) is 3.97. The Kier molecular flexibility index (Phi) is 22.1. The molecule has 17 nitrogen and oxygen atoms in total. The van der Waals surface area contributed by atoms with Crippen molar-refractivity contribution < 1.29 is 57.3 Å². The topological polar surface area (TPSA) is 212 Å². The number of carboxylic acid groups (broad SMARTS) is 1. The molecule has 5 unspecified atom stereocenters. The van der Waals surface area contributed by atoms with Gasteiger partial charge in [-0.3, -0.25) is 38.5 Å². The summed E-state index contributed by atoms with van der Waals surface area (Å²) in [7, 11) is 6.13. The summed E-state index contributed by atoms with van der Waals surface area (Å²) < 4.78 is 25.4. The van der Waals surface area contributed by atoms with Crippen LogP contribution in [0.2, 0.25) is 0 Å². The lowest BCUT2D eigenvalue weighted by Crippen LogP contribution is -2.60. The number of ether oxygens (including phenoxy) is 2. The van der Waals surface area contributed by atoms with Crippen LogP contribution in [0.1, 0.15) is 105 Å². The third-order valence-corrected chi connectivity index (χ3v) is 13.3. The number of likely N-dealkylation sites (tertiary alicyclic amines) is 1. The van der Waals surface area contributed by atoms with Crippen molar-refractivity contribution in [3.63, 3.8) is 0 Å². The number of amides is 7. The van der Waals surface area contributed by atoms with E-state index in [0.717, 1.165) is 4.90 Å². The average molecular weight is 943 g/mol. The van der Waals surface area contributed by atoms with E-state index in [1.54, 1.807) is 30.8 Å². The molecule has 0 aromatic heterocycles. The highest BCUT2D eigenvalue weighted by molar-refractivity contribution is 6.12. The number of likely N-dealkylation sites (N-methyl/N-ethyl adjacent to an activating group) is 2. The Labute approximate surface area is 395 Å². The molecule has 0 bridgehead atoms. The second-order valence-electron chi connectivity index (χ2n) is 18.7. The molecule has 0 saturated carbocycles. The van der Waals surface area contributed by atoms with Crippen molar-refractivity contribution in [1.82, 2.24) is 30.2 Å². The number of hydrogen-bond donors (Lipinski definition) is 3. The highest BCUT2D eigenvalue weighted by Crippen LogP contribution is 2.30. The summed E-state index contributed by atoms with van der Waals surface area (Å²) >= 11 is 0. The number of aliphatic carboxylic acids is 1. The van der Waals surface area contributed by atoms with Gasteiger partial charge in [0.05, 0.1) is 36.6 Å². The van der Waals surface area contributed by atoms with Gasteiger partial charge in [0.25, 0.3) is 11.8 Å². The maximum Gasteiger partial charge on any atom is 0.326 e. The van der Waals surface area contributed by atoms with Crippen LogP contribution in [-0.2, 0) is 54.3 Å². The third-order valence-electron chi connectivity index (χ3n) is 13.3. The van der Waals surface area contributed by atoms with Gasteiger partial charge < -0.3 is 39.9 Å². The lowest BCUT2D eigenvalue weighted by Gasteiger charge is -2.41. The average Bonchev–Trinajstić information content (AvgIpc) is 3.90. The van der Waals surface area contributed by atoms with Gasteiger partial charge in [-0.25, -0.2) is 9.18 Å². The summed E-state index contributed by atoms with van der Waals surface area (Å²) in [5.74, 6) is -6.06.